The van der Waals surface area contributed by atoms with Crippen molar-refractivity contribution >= 4 is 30.2 Å². The van der Waals surface area contributed by atoms with Crippen LogP contribution in [0.1, 0.15) is 5.56 Å². The summed E-state index contributed by atoms with van der Waals surface area (Å²) in [4.78, 5) is 10.6. The predicted octanol–water partition coefficient (Wildman–Crippen LogP) is 4.07. The van der Waals surface area contributed by atoms with E-state index in [1.54, 1.807) is 37.5 Å². The van der Waals surface area contributed by atoms with Crippen molar-refractivity contribution in [3.8, 4) is 17.1 Å². The van der Waals surface area contributed by atoms with Crippen LogP contribution >= 0.6 is 12.2 Å². The monoisotopic (exact) mass is 381 g/mol. The third-order valence-corrected chi connectivity index (χ3v) is 3.94. The molecule has 1 N–H and O–H groups in total. The van der Waals surface area contributed by atoms with E-state index in [9.17, 15) is 10.1 Å². The Morgan fingerprint density at radius 2 is 2.00 bits per heavy atom. The lowest BCUT2D eigenvalue weighted by Gasteiger charge is -2.02. The fourth-order valence-electron chi connectivity index (χ4n) is 2.37. The summed E-state index contributed by atoms with van der Waals surface area (Å²) in [6, 6.07) is 13.8. The molecule has 1 heterocycles. The summed E-state index contributed by atoms with van der Waals surface area (Å²) in [6.45, 7) is 0. The first-order valence-electron chi connectivity index (χ1n) is 7.86. The molecule has 136 valence electrons. The van der Waals surface area contributed by atoms with Crippen LogP contribution in [0.25, 0.3) is 17.5 Å². The SMILES string of the molecule is COc1ccc(-c2n[nH]c(=S)n2N=CC=Cc2ccccc2[N+](=O)[O-])cc1. The van der Waals surface area contributed by atoms with Crippen LogP contribution in [0.3, 0.4) is 0 Å². The number of aromatic amines is 1. The second-order valence-electron chi connectivity index (χ2n) is 5.33. The van der Waals surface area contributed by atoms with Gasteiger partial charge in [0, 0.05) is 17.8 Å². The van der Waals surface area contributed by atoms with E-state index < -0.39 is 4.92 Å². The standard InChI is InChI=1S/C18H15N5O3S/c1-26-15-10-8-14(9-11-15)17-20-21-18(27)22(17)19-12-4-6-13-5-2-3-7-16(13)23(24)25/h2-12H,1H3,(H,21,27). The van der Waals surface area contributed by atoms with Gasteiger partial charge in [-0.05, 0) is 54.7 Å². The van der Waals surface area contributed by atoms with Crippen LogP contribution < -0.4 is 4.74 Å². The molecule has 3 rings (SSSR count). The fraction of sp³-hybridized carbons (Fsp3) is 0.0556. The number of benzene rings is 2. The smallest absolute Gasteiger partial charge is 0.276 e. The van der Waals surface area contributed by atoms with E-state index in [2.05, 4.69) is 15.3 Å². The number of rotatable bonds is 6. The van der Waals surface area contributed by atoms with Gasteiger partial charge in [0.2, 0.25) is 4.77 Å². The number of nitrogens with one attached hydrogen (secondary N) is 1. The Kier molecular flexibility index (Phi) is 5.53. The zero-order chi connectivity index (χ0) is 19.2. The van der Waals surface area contributed by atoms with Crippen LogP contribution in [-0.2, 0) is 0 Å². The Morgan fingerprint density at radius 1 is 1.26 bits per heavy atom. The minimum absolute atomic E-state index is 0.0287. The van der Waals surface area contributed by atoms with Crippen LogP contribution in [0, 0.1) is 14.9 Å². The predicted molar refractivity (Wildman–Crippen MR) is 105 cm³/mol. The summed E-state index contributed by atoms with van der Waals surface area (Å²) in [5, 5.41) is 22.2. The first-order valence-corrected chi connectivity index (χ1v) is 8.27. The highest BCUT2D eigenvalue weighted by atomic mass is 32.1. The molecule has 0 atom stereocenters. The van der Waals surface area contributed by atoms with Crippen molar-refractivity contribution in [3.63, 3.8) is 0 Å². The summed E-state index contributed by atoms with van der Waals surface area (Å²) in [5.74, 6) is 1.27. The van der Waals surface area contributed by atoms with Crippen LogP contribution in [0.2, 0.25) is 0 Å². The van der Waals surface area contributed by atoms with Crippen LogP contribution in [0.4, 0.5) is 5.69 Å². The van der Waals surface area contributed by atoms with Crippen molar-refractivity contribution in [2.75, 3.05) is 7.11 Å². The molecular weight excluding hydrogens is 366 g/mol. The Bertz CT molecular complexity index is 1070. The molecule has 0 bridgehead atoms. The van der Waals surface area contributed by atoms with E-state index in [0.29, 0.717) is 16.2 Å². The van der Waals surface area contributed by atoms with Gasteiger partial charge in [-0.1, -0.05) is 12.1 Å². The highest BCUT2D eigenvalue weighted by molar-refractivity contribution is 7.71. The Balaban J connectivity index is 1.85. The number of ether oxygens (including phenoxy) is 1. The topological polar surface area (TPSA) is 98.3 Å². The Hall–Kier alpha value is -3.59. The van der Waals surface area contributed by atoms with E-state index >= 15 is 0 Å². The van der Waals surface area contributed by atoms with Gasteiger partial charge in [0.05, 0.1) is 17.6 Å². The van der Waals surface area contributed by atoms with Gasteiger partial charge in [-0.15, -0.1) is 0 Å². The number of para-hydroxylation sites is 1. The van der Waals surface area contributed by atoms with Gasteiger partial charge < -0.3 is 4.74 Å². The maximum Gasteiger partial charge on any atom is 0.276 e. The molecule has 1 aromatic heterocycles. The van der Waals surface area contributed by atoms with E-state index in [0.717, 1.165) is 11.3 Å². The van der Waals surface area contributed by atoms with E-state index in [4.69, 9.17) is 17.0 Å². The average molecular weight is 381 g/mol. The summed E-state index contributed by atoms with van der Waals surface area (Å²) in [5.41, 5.74) is 1.32. The van der Waals surface area contributed by atoms with Gasteiger partial charge in [-0.3, -0.25) is 10.1 Å². The molecular formula is C18H15N5O3S. The van der Waals surface area contributed by atoms with E-state index in [-0.39, 0.29) is 5.69 Å². The number of nitro groups is 1. The number of nitro benzene ring substituents is 1. The largest absolute Gasteiger partial charge is 0.497 e. The second kappa shape index (κ2) is 8.19. The fourth-order valence-corrected chi connectivity index (χ4v) is 2.55. The highest BCUT2D eigenvalue weighted by Gasteiger charge is 2.09. The molecule has 9 heteroatoms. The van der Waals surface area contributed by atoms with Crippen LogP contribution in [-0.4, -0.2) is 33.1 Å². The summed E-state index contributed by atoms with van der Waals surface area (Å²) >= 11 is 5.21. The van der Waals surface area contributed by atoms with Gasteiger partial charge >= 0.3 is 0 Å². The van der Waals surface area contributed by atoms with Gasteiger partial charge in [-0.25, -0.2) is 5.10 Å². The van der Waals surface area contributed by atoms with Gasteiger partial charge in [-0.2, -0.15) is 14.9 Å². The number of methoxy groups -OCH3 is 1. The molecule has 0 unspecified atom stereocenters. The van der Waals surface area contributed by atoms with E-state index in [1.165, 1.54) is 17.0 Å². The molecule has 27 heavy (non-hydrogen) atoms. The van der Waals surface area contributed by atoms with Gasteiger partial charge in [0.1, 0.15) is 5.75 Å². The molecule has 0 aliphatic rings. The zero-order valence-corrected chi connectivity index (χ0v) is 15.1. The van der Waals surface area contributed by atoms with E-state index in [1.807, 2.05) is 24.3 Å². The van der Waals surface area contributed by atoms with Crippen molar-refractivity contribution in [1.29, 1.82) is 0 Å². The van der Waals surface area contributed by atoms with Crippen molar-refractivity contribution in [1.82, 2.24) is 14.9 Å². The average Bonchev–Trinajstić information content (AvgIpc) is 3.06. The molecule has 8 nitrogen and oxygen atoms in total. The summed E-state index contributed by atoms with van der Waals surface area (Å²) < 4.78 is 6.95. The molecule has 0 aliphatic carbocycles. The van der Waals surface area contributed by atoms with Crippen molar-refractivity contribution in [3.05, 3.63) is 75.1 Å². The molecule has 0 aliphatic heterocycles. The third kappa shape index (κ3) is 4.15. The minimum Gasteiger partial charge on any atom is -0.497 e. The molecule has 0 fully saturated rings. The third-order valence-electron chi connectivity index (χ3n) is 3.68. The maximum atomic E-state index is 11.0. The second-order valence-corrected chi connectivity index (χ2v) is 5.72. The van der Waals surface area contributed by atoms with Gasteiger partial charge in [0.25, 0.3) is 5.69 Å². The molecule has 2 aromatic carbocycles. The lowest BCUT2D eigenvalue weighted by molar-refractivity contribution is -0.385. The number of hydrogen-bond donors (Lipinski definition) is 1. The quantitative estimate of drug-likeness (QED) is 0.300. The first kappa shape index (κ1) is 18.2. The number of aromatic nitrogens is 3. The number of H-pyrrole nitrogens is 1. The lowest BCUT2D eigenvalue weighted by atomic mass is 10.2. The lowest BCUT2D eigenvalue weighted by Crippen LogP contribution is -1.94. The number of hydrogen-bond acceptors (Lipinski definition) is 6. The molecule has 3 aromatic rings. The Labute approximate surface area is 159 Å². The summed E-state index contributed by atoms with van der Waals surface area (Å²) in [7, 11) is 1.60. The number of allylic oxidation sites excluding steroid dienone is 1. The molecule has 0 radical (unpaired) electrons. The molecule has 0 spiro atoms. The summed E-state index contributed by atoms with van der Waals surface area (Å²) in [6.07, 6.45) is 4.71. The zero-order valence-electron chi connectivity index (χ0n) is 14.3. The number of nitrogens with zero attached hydrogens (tertiary/aromatic N) is 4. The minimum atomic E-state index is -0.426. The van der Waals surface area contributed by atoms with Crippen LogP contribution in [0.5, 0.6) is 5.75 Å². The van der Waals surface area contributed by atoms with Gasteiger partial charge in [0.15, 0.2) is 5.82 Å². The molecule has 0 saturated heterocycles. The Morgan fingerprint density at radius 3 is 2.70 bits per heavy atom. The van der Waals surface area contributed by atoms with Crippen molar-refractivity contribution < 1.29 is 9.66 Å². The van der Waals surface area contributed by atoms with Crippen LogP contribution in [0.15, 0.2) is 59.7 Å². The molecule has 0 saturated carbocycles. The highest BCUT2D eigenvalue weighted by Crippen LogP contribution is 2.21. The van der Waals surface area contributed by atoms with Crippen molar-refractivity contribution in [2.24, 2.45) is 5.10 Å². The maximum absolute atomic E-state index is 11.0. The first-order chi connectivity index (χ1) is 13.1. The molecule has 0 amide bonds. The van der Waals surface area contributed by atoms with Crippen molar-refractivity contribution in [2.45, 2.75) is 0 Å². The normalized spacial score (nSPS) is 11.3.